The third-order valence-electron chi connectivity index (χ3n) is 3.88. The lowest BCUT2D eigenvalue weighted by Gasteiger charge is -2.13. The van der Waals surface area contributed by atoms with E-state index in [0.29, 0.717) is 21.4 Å². The molecule has 28 heavy (non-hydrogen) atoms. The van der Waals surface area contributed by atoms with E-state index in [1.54, 1.807) is 25.3 Å². The van der Waals surface area contributed by atoms with Crippen molar-refractivity contribution in [2.24, 2.45) is 0 Å². The van der Waals surface area contributed by atoms with Crippen molar-refractivity contribution in [2.45, 2.75) is 6.92 Å². The maximum absolute atomic E-state index is 12.2. The summed E-state index contributed by atoms with van der Waals surface area (Å²) in [6, 6.07) is 5.85. The van der Waals surface area contributed by atoms with Crippen molar-refractivity contribution >= 4 is 45.3 Å². The summed E-state index contributed by atoms with van der Waals surface area (Å²) in [6.07, 6.45) is 7.02. The van der Waals surface area contributed by atoms with E-state index in [9.17, 15) is 4.79 Å². The zero-order valence-electron chi connectivity index (χ0n) is 15.5. The largest absolute Gasteiger partial charge is 0.495 e. The smallest absolute Gasteiger partial charge is 0.340 e. The lowest BCUT2D eigenvalue weighted by Crippen LogP contribution is -2.15. The van der Waals surface area contributed by atoms with Gasteiger partial charge < -0.3 is 14.8 Å². The number of methoxy groups -OCH3 is 1. The Morgan fingerprint density at radius 2 is 2.29 bits per heavy atom. The first kappa shape index (κ1) is 19.9. The number of allylic oxidation sites excluding steroid dienone is 4. The summed E-state index contributed by atoms with van der Waals surface area (Å²) >= 11 is 7.11. The number of anilines is 2. The van der Waals surface area contributed by atoms with Crippen LogP contribution in [0, 0.1) is 6.92 Å². The van der Waals surface area contributed by atoms with Crippen LogP contribution in [0.2, 0.25) is 0 Å². The molecule has 0 unspecified atom stereocenters. The summed E-state index contributed by atoms with van der Waals surface area (Å²) in [5.41, 5.74) is 3.72. The number of rotatable bonds is 6. The molecule has 0 amide bonds. The van der Waals surface area contributed by atoms with E-state index in [1.807, 2.05) is 36.6 Å². The molecule has 5 nitrogen and oxygen atoms in total. The van der Waals surface area contributed by atoms with Gasteiger partial charge in [-0.25, -0.2) is 9.78 Å². The number of halogens is 1. The van der Waals surface area contributed by atoms with E-state index in [-0.39, 0.29) is 6.61 Å². The van der Waals surface area contributed by atoms with Gasteiger partial charge >= 0.3 is 5.97 Å². The number of esters is 1. The van der Waals surface area contributed by atoms with Gasteiger partial charge in [-0.3, -0.25) is 0 Å². The lowest BCUT2D eigenvalue weighted by atomic mass is 10.1. The number of nitrogens with zero attached hydrogens (tertiary/aromatic N) is 1. The number of cyclic esters (lactones) is 1. The van der Waals surface area contributed by atoms with E-state index >= 15 is 0 Å². The molecule has 1 aliphatic rings. The number of thiazole rings is 1. The SMILES string of the molecule is C=C(Cl)/C=C\C=C1\C=C(c2csc(Nc3cc(C)ccc3OC)n2)C(=O)OC1. The Labute approximate surface area is 172 Å². The Morgan fingerprint density at radius 1 is 1.46 bits per heavy atom. The van der Waals surface area contributed by atoms with Crippen molar-refractivity contribution in [1.29, 1.82) is 0 Å². The monoisotopic (exact) mass is 414 g/mol. The number of ether oxygens (including phenoxy) is 2. The standard InChI is InChI=1S/C21H19ClN2O3S/c1-13-7-8-19(26-3)17(9-13)23-21-24-18(12-28-21)16-10-15(11-27-20(16)25)6-4-5-14(2)22/h4-10,12H,2,11H2,1,3H3,(H,23,24)/b5-4-,15-6-. The highest BCUT2D eigenvalue weighted by Gasteiger charge is 2.22. The van der Waals surface area contributed by atoms with Gasteiger partial charge in [-0.2, -0.15) is 0 Å². The summed E-state index contributed by atoms with van der Waals surface area (Å²) in [5, 5.41) is 6.15. The van der Waals surface area contributed by atoms with Crippen molar-refractivity contribution in [2.75, 3.05) is 19.0 Å². The quantitative estimate of drug-likeness (QED) is 0.508. The molecule has 1 aromatic heterocycles. The number of hydrogen-bond donors (Lipinski definition) is 1. The van der Waals surface area contributed by atoms with Crippen LogP contribution in [0.25, 0.3) is 5.57 Å². The second-order valence-electron chi connectivity index (χ2n) is 6.05. The molecule has 0 fully saturated rings. The second-order valence-corrected chi connectivity index (χ2v) is 7.39. The summed E-state index contributed by atoms with van der Waals surface area (Å²) in [6.45, 7) is 5.80. The highest BCUT2D eigenvalue weighted by molar-refractivity contribution is 7.14. The molecule has 0 atom stereocenters. The molecule has 2 heterocycles. The van der Waals surface area contributed by atoms with Crippen LogP contribution >= 0.6 is 22.9 Å². The number of carbonyl (C=O) groups excluding carboxylic acids is 1. The first-order valence-electron chi connectivity index (χ1n) is 8.44. The van der Waals surface area contributed by atoms with E-state index in [0.717, 1.165) is 22.6 Å². The Morgan fingerprint density at radius 3 is 3.04 bits per heavy atom. The minimum atomic E-state index is -0.395. The van der Waals surface area contributed by atoms with Crippen LogP contribution in [0.1, 0.15) is 11.3 Å². The minimum Gasteiger partial charge on any atom is -0.495 e. The molecule has 1 N–H and O–H groups in total. The number of aryl methyl sites for hydroxylation is 1. The highest BCUT2D eigenvalue weighted by Crippen LogP contribution is 2.32. The van der Waals surface area contributed by atoms with Crippen LogP contribution in [-0.4, -0.2) is 24.7 Å². The van der Waals surface area contributed by atoms with Crippen LogP contribution in [0.4, 0.5) is 10.8 Å². The zero-order chi connectivity index (χ0) is 20.1. The molecule has 0 radical (unpaired) electrons. The Bertz CT molecular complexity index is 1000. The molecule has 7 heteroatoms. The van der Waals surface area contributed by atoms with Crippen LogP contribution in [-0.2, 0) is 9.53 Å². The summed E-state index contributed by atoms with van der Waals surface area (Å²) in [4.78, 5) is 16.7. The fraction of sp³-hybridized carbons (Fsp3) is 0.143. The Hall–Kier alpha value is -2.83. The van der Waals surface area contributed by atoms with Crippen molar-refractivity contribution in [3.05, 3.63) is 76.3 Å². The van der Waals surface area contributed by atoms with Gasteiger partial charge in [0.15, 0.2) is 5.13 Å². The van der Waals surface area contributed by atoms with Crippen LogP contribution in [0.15, 0.2) is 65.1 Å². The molecule has 3 rings (SSSR count). The molecule has 2 aromatic rings. The van der Waals surface area contributed by atoms with E-state index in [4.69, 9.17) is 21.1 Å². The van der Waals surface area contributed by atoms with Gasteiger partial charge in [-0.1, -0.05) is 36.4 Å². The summed E-state index contributed by atoms with van der Waals surface area (Å²) in [7, 11) is 1.62. The molecule has 1 aromatic carbocycles. The van der Waals surface area contributed by atoms with E-state index < -0.39 is 5.97 Å². The number of carbonyl (C=O) groups is 1. The maximum Gasteiger partial charge on any atom is 0.340 e. The topological polar surface area (TPSA) is 60.5 Å². The lowest BCUT2D eigenvalue weighted by molar-refractivity contribution is -0.136. The van der Waals surface area contributed by atoms with Crippen LogP contribution in [0.5, 0.6) is 5.75 Å². The maximum atomic E-state index is 12.2. The molecule has 144 valence electrons. The van der Waals surface area contributed by atoms with Gasteiger partial charge in [0.2, 0.25) is 0 Å². The molecule has 0 spiro atoms. The number of hydrogen-bond acceptors (Lipinski definition) is 6. The van der Waals surface area contributed by atoms with Crippen molar-refractivity contribution < 1.29 is 14.3 Å². The van der Waals surface area contributed by atoms with Gasteiger partial charge in [-0.15, -0.1) is 11.3 Å². The molecule has 0 saturated carbocycles. The first-order chi connectivity index (χ1) is 13.5. The summed E-state index contributed by atoms with van der Waals surface area (Å²) < 4.78 is 10.6. The molecule has 0 saturated heterocycles. The first-order valence-corrected chi connectivity index (χ1v) is 9.70. The minimum absolute atomic E-state index is 0.206. The summed E-state index contributed by atoms with van der Waals surface area (Å²) in [5.74, 6) is 0.324. The fourth-order valence-electron chi connectivity index (χ4n) is 2.55. The van der Waals surface area contributed by atoms with Crippen molar-refractivity contribution in [3.8, 4) is 5.75 Å². The third-order valence-corrected chi connectivity index (χ3v) is 4.77. The normalized spacial score (nSPS) is 15.5. The third kappa shape index (κ3) is 4.91. The van der Waals surface area contributed by atoms with Gasteiger partial charge in [0, 0.05) is 10.4 Å². The molecule has 0 aliphatic carbocycles. The number of nitrogens with one attached hydrogen (secondary N) is 1. The number of benzene rings is 1. The fourth-order valence-corrected chi connectivity index (χ4v) is 3.35. The average Bonchev–Trinajstić information content (AvgIpc) is 3.11. The van der Waals surface area contributed by atoms with Gasteiger partial charge in [0.25, 0.3) is 0 Å². The Kier molecular flexibility index (Phi) is 6.34. The number of aromatic nitrogens is 1. The van der Waals surface area contributed by atoms with Crippen molar-refractivity contribution in [1.82, 2.24) is 4.98 Å². The average molecular weight is 415 g/mol. The molecular weight excluding hydrogens is 396 g/mol. The zero-order valence-corrected chi connectivity index (χ0v) is 17.1. The van der Waals surface area contributed by atoms with E-state index in [2.05, 4.69) is 16.9 Å². The van der Waals surface area contributed by atoms with Gasteiger partial charge in [-0.05, 0) is 42.3 Å². The van der Waals surface area contributed by atoms with Gasteiger partial charge in [0.05, 0.1) is 24.1 Å². The molecular formula is C21H19ClN2O3S. The van der Waals surface area contributed by atoms with Crippen LogP contribution in [0.3, 0.4) is 0 Å². The van der Waals surface area contributed by atoms with Gasteiger partial charge in [0.1, 0.15) is 12.4 Å². The van der Waals surface area contributed by atoms with Crippen molar-refractivity contribution in [3.63, 3.8) is 0 Å². The predicted molar refractivity (Wildman–Crippen MR) is 114 cm³/mol. The Balaban J connectivity index is 1.84. The molecule has 0 bridgehead atoms. The highest BCUT2D eigenvalue weighted by atomic mass is 35.5. The second kappa shape index (κ2) is 8.91. The van der Waals surface area contributed by atoms with Crippen LogP contribution < -0.4 is 10.1 Å². The molecule has 1 aliphatic heterocycles. The van der Waals surface area contributed by atoms with E-state index in [1.165, 1.54) is 11.3 Å². The predicted octanol–water partition coefficient (Wildman–Crippen LogP) is 5.38.